The smallest absolute Gasteiger partial charge is 0.145 e. The molecule has 0 unspecified atom stereocenters. The largest absolute Gasteiger partial charge is 0.298 e. The molecule has 0 saturated heterocycles. The van der Waals surface area contributed by atoms with Crippen LogP contribution in [0.5, 0.6) is 0 Å². The summed E-state index contributed by atoms with van der Waals surface area (Å²) >= 11 is 0. The first-order chi connectivity index (χ1) is 4.74. The number of hydrogen-bond donors (Lipinski definition) is 0. The lowest BCUT2D eigenvalue weighted by Crippen LogP contribution is -1.92. The average Bonchev–Trinajstić information content (AvgIpc) is 1.99. The Balaban J connectivity index is 3.92. The Kier molecular flexibility index (Phi) is 4.91. The lowest BCUT2D eigenvalue weighted by Gasteiger charge is -2.04. The van der Waals surface area contributed by atoms with E-state index in [2.05, 4.69) is 13.8 Å². The highest BCUT2D eigenvalue weighted by molar-refractivity contribution is 5.72. The Bertz CT molecular complexity index is 121. The summed E-state index contributed by atoms with van der Waals surface area (Å²) in [6, 6.07) is 0. The van der Waals surface area contributed by atoms with Crippen molar-refractivity contribution >= 4 is 6.29 Å². The zero-order valence-electron chi connectivity index (χ0n) is 7.05. The summed E-state index contributed by atoms with van der Waals surface area (Å²) in [5.74, 6) is 0.588. The van der Waals surface area contributed by atoms with E-state index in [1.807, 2.05) is 13.0 Å². The predicted octanol–water partition coefficient (Wildman–Crippen LogP) is 2.57. The molecule has 0 spiro atoms. The van der Waals surface area contributed by atoms with Crippen LogP contribution in [0.3, 0.4) is 0 Å². The third kappa shape index (κ3) is 3.44. The first-order valence-electron chi connectivity index (χ1n) is 3.88. The van der Waals surface area contributed by atoms with E-state index in [0.717, 1.165) is 24.7 Å². The Morgan fingerprint density at radius 2 is 1.90 bits per heavy atom. The van der Waals surface area contributed by atoms with Gasteiger partial charge in [0.15, 0.2) is 0 Å². The lowest BCUT2D eigenvalue weighted by molar-refractivity contribution is -0.104. The number of hydrogen-bond acceptors (Lipinski definition) is 1. The number of aldehydes is 1. The molecule has 0 atom stereocenters. The molecule has 0 amide bonds. The fourth-order valence-electron chi connectivity index (χ4n) is 0.935. The third-order valence-electron chi connectivity index (χ3n) is 1.73. The summed E-state index contributed by atoms with van der Waals surface area (Å²) in [5, 5.41) is 0. The second kappa shape index (κ2) is 5.21. The van der Waals surface area contributed by atoms with Crippen molar-refractivity contribution in [1.29, 1.82) is 0 Å². The van der Waals surface area contributed by atoms with Crippen LogP contribution < -0.4 is 0 Å². The van der Waals surface area contributed by atoms with Gasteiger partial charge in [-0.2, -0.15) is 0 Å². The fourth-order valence-corrected chi connectivity index (χ4v) is 0.935. The summed E-state index contributed by atoms with van der Waals surface area (Å²) < 4.78 is 0. The molecule has 58 valence electrons. The molecule has 0 saturated carbocycles. The first-order valence-corrected chi connectivity index (χ1v) is 3.88. The maximum atomic E-state index is 10.2. The van der Waals surface area contributed by atoms with Crippen LogP contribution in [0.1, 0.15) is 33.6 Å². The summed E-state index contributed by atoms with van der Waals surface area (Å²) in [6.45, 7) is 6.14. The van der Waals surface area contributed by atoms with Crippen LogP contribution in [0, 0.1) is 5.92 Å². The summed E-state index contributed by atoms with van der Waals surface area (Å²) in [5.41, 5.74) is 0.855. The maximum Gasteiger partial charge on any atom is 0.145 e. The van der Waals surface area contributed by atoms with E-state index in [9.17, 15) is 4.79 Å². The van der Waals surface area contributed by atoms with Crippen molar-refractivity contribution < 1.29 is 4.79 Å². The van der Waals surface area contributed by atoms with Crippen molar-refractivity contribution in [3.8, 4) is 0 Å². The molecule has 0 N–H and O–H groups in total. The van der Waals surface area contributed by atoms with E-state index in [0.29, 0.717) is 5.92 Å². The van der Waals surface area contributed by atoms with Gasteiger partial charge < -0.3 is 0 Å². The maximum absolute atomic E-state index is 10.2. The molecule has 0 aliphatic rings. The van der Waals surface area contributed by atoms with E-state index >= 15 is 0 Å². The van der Waals surface area contributed by atoms with Crippen molar-refractivity contribution in [2.24, 2.45) is 5.92 Å². The van der Waals surface area contributed by atoms with Gasteiger partial charge in [-0.05, 0) is 31.3 Å². The molecule has 0 bridgehead atoms. The summed E-state index contributed by atoms with van der Waals surface area (Å²) in [6.07, 6.45) is 5.22. The van der Waals surface area contributed by atoms with Gasteiger partial charge in [0.2, 0.25) is 0 Å². The molecule has 0 aromatic carbocycles. The molecule has 0 rings (SSSR count). The molecule has 0 aliphatic carbocycles. The summed E-state index contributed by atoms with van der Waals surface area (Å²) in [4.78, 5) is 10.2. The van der Waals surface area contributed by atoms with Gasteiger partial charge in [-0.25, -0.2) is 0 Å². The van der Waals surface area contributed by atoms with Gasteiger partial charge in [-0.1, -0.05) is 19.9 Å². The van der Waals surface area contributed by atoms with Crippen molar-refractivity contribution in [2.45, 2.75) is 33.6 Å². The van der Waals surface area contributed by atoms with Gasteiger partial charge in [0.05, 0.1) is 0 Å². The third-order valence-corrected chi connectivity index (χ3v) is 1.73. The highest BCUT2D eigenvalue weighted by Crippen LogP contribution is 2.10. The zero-order valence-corrected chi connectivity index (χ0v) is 7.05. The summed E-state index contributed by atoms with van der Waals surface area (Å²) in [7, 11) is 0. The minimum Gasteiger partial charge on any atom is -0.298 e. The van der Waals surface area contributed by atoms with Gasteiger partial charge >= 0.3 is 0 Å². The van der Waals surface area contributed by atoms with Gasteiger partial charge in [0.25, 0.3) is 0 Å². The Morgan fingerprint density at radius 1 is 1.40 bits per heavy atom. The van der Waals surface area contributed by atoms with Crippen LogP contribution in [0.2, 0.25) is 0 Å². The zero-order chi connectivity index (χ0) is 7.98. The quantitative estimate of drug-likeness (QED) is 0.433. The Hall–Kier alpha value is -0.590. The number of carbonyl (C=O) groups is 1. The lowest BCUT2D eigenvalue weighted by atomic mass is 10.0. The molecule has 10 heavy (non-hydrogen) atoms. The highest BCUT2D eigenvalue weighted by Gasteiger charge is 1.97. The van der Waals surface area contributed by atoms with Crippen molar-refractivity contribution in [3.05, 3.63) is 11.6 Å². The average molecular weight is 140 g/mol. The second-order valence-corrected chi connectivity index (χ2v) is 2.61. The van der Waals surface area contributed by atoms with Crippen LogP contribution >= 0.6 is 0 Å². The van der Waals surface area contributed by atoms with Gasteiger partial charge in [-0.3, -0.25) is 4.79 Å². The molecule has 0 aromatic heterocycles. The van der Waals surface area contributed by atoms with Gasteiger partial charge in [0, 0.05) is 0 Å². The highest BCUT2D eigenvalue weighted by atomic mass is 16.1. The number of carbonyl (C=O) groups excluding carboxylic acids is 1. The molecule has 1 heteroatoms. The monoisotopic (exact) mass is 140 g/mol. The van der Waals surface area contributed by atoms with E-state index in [4.69, 9.17) is 0 Å². The number of rotatable bonds is 4. The van der Waals surface area contributed by atoms with Crippen molar-refractivity contribution in [3.63, 3.8) is 0 Å². The molecule has 0 heterocycles. The SMILES string of the molecule is CCC(/C=C(\C)C=O)CC. The van der Waals surface area contributed by atoms with E-state index in [-0.39, 0.29) is 0 Å². The molecular formula is C9H16O. The minimum absolute atomic E-state index is 0.588. The molecule has 0 fully saturated rings. The van der Waals surface area contributed by atoms with Crippen LogP contribution in [-0.4, -0.2) is 6.29 Å². The van der Waals surface area contributed by atoms with Crippen molar-refractivity contribution in [2.75, 3.05) is 0 Å². The predicted molar refractivity (Wildman–Crippen MR) is 43.9 cm³/mol. The topological polar surface area (TPSA) is 17.1 Å². The van der Waals surface area contributed by atoms with Crippen molar-refractivity contribution in [1.82, 2.24) is 0 Å². The minimum atomic E-state index is 0.588. The van der Waals surface area contributed by atoms with Crippen LogP contribution in [0.4, 0.5) is 0 Å². The molecule has 0 aliphatic heterocycles. The standard InChI is InChI=1S/C9H16O/c1-4-9(5-2)6-8(3)7-10/h6-7,9H,4-5H2,1-3H3/b8-6+. The molecule has 0 aromatic rings. The van der Waals surface area contributed by atoms with Crippen LogP contribution in [-0.2, 0) is 4.79 Å². The Morgan fingerprint density at radius 3 is 2.20 bits per heavy atom. The van der Waals surface area contributed by atoms with Gasteiger partial charge in [0.1, 0.15) is 6.29 Å². The van der Waals surface area contributed by atoms with E-state index in [1.54, 1.807) is 0 Å². The normalized spacial score (nSPS) is 12.2. The second-order valence-electron chi connectivity index (χ2n) is 2.61. The molecule has 0 radical (unpaired) electrons. The van der Waals surface area contributed by atoms with E-state index in [1.165, 1.54) is 0 Å². The first kappa shape index (κ1) is 9.41. The fraction of sp³-hybridized carbons (Fsp3) is 0.667. The van der Waals surface area contributed by atoms with Crippen LogP contribution in [0.15, 0.2) is 11.6 Å². The Labute approximate surface area is 63.1 Å². The van der Waals surface area contributed by atoms with Gasteiger partial charge in [-0.15, -0.1) is 0 Å². The number of allylic oxidation sites excluding steroid dienone is 2. The van der Waals surface area contributed by atoms with E-state index < -0.39 is 0 Å². The van der Waals surface area contributed by atoms with Crippen LogP contribution in [0.25, 0.3) is 0 Å². The molecule has 1 nitrogen and oxygen atoms in total. The molecular weight excluding hydrogens is 124 g/mol.